The van der Waals surface area contributed by atoms with Crippen LogP contribution in [-0.4, -0.2) is 45.1 Å². The molecular weight excluding hydrogens is 472 g/mol. The van der Waals surface area contributed by atoms with Crippen molar-refractivity contribution in [2.24, 2.45) is 0 Å². The molecule has 36 heavy (non-hydrogen) atoms. The van der Waals surface area contributed by atoms with Gasteiger partial charge in [-0.25, -0.2) is 9.97 Å². The Morgan fingerprint density at radius 1 is 1.00 bits per heavy atom. The molecule has 2 amide bonds. The van der Waals surface area contributed by atoms with E-state index < -0.39 is 5.54 Å². The summed E-state index contributed by atoms with van der Waals surface area (Å²) >= 11 is 1.31. The number of nitrogens with zero attached hydrogens (tertiary/aromatic N) is 3. The SMILES string of the molecule is COc1ccc(NC(=O)C2(N(Cc3ccccc3)C(=O)CSc3nc(C)cc(C)n3)CCCC2)cc1. The molecule has 8 heteroatoms. The third-order valence-electron chi connectivity index (χ3n) is 6.49. The van der Waals surface area contributed by atoms with E-state index >= 15 is 0 Å². The summed E-state index contributed by atoms with van der Waals surface area (Å²) in [5, 5.41) is 3.64. The van der Waals surface area contributed by atoms with E-state index in [2.05, 4.69) is 15.3 Å². The molecule has 1 aliphatic rings. The number of aryl methyl sites for hydroxylation is 2. The Morgan fingerprint density at radius 3 is 2.25 bits per heavy atom. The van der Waals surface area contributed by atoms with Gasteiger partial charge in [0.1, 0.15) is 11.3 Å². The number of carbonyl (C=O) groups excluding carboxylic acids is 2. The molecule has 1 aromatic heterocycles. The number of benzene rings is 2. The summed E-state index contributed by atoms with van der Waals surface area (Å²) < 4.78 is 5.23. The molecule has 1 N–H and O–H groups in total. The number of hydrogen-bond donors (Lipinski definition) is 1. The highest BCUT2D eigenvalue weighted by Gasteiger charge is 2.48. The number of amides is 2. The van der Waals surface area contributed by atoms with Crippen LogP contribution in [-0.2, 0) is 16.1 Å². The Hall–Kier alpha value is -3.39. The van der Waals surface area contributed by atoms with Crippen molar-refractivity contribution < 1.29 is 14.3 Å². The Labute approximate surface area is 216 Å². The number of carbonyl (C=O) groups is 2. The van der Waals surface area contributed by atoms with Gasteiger partial charge in [0.25, 0.3) is 0 Å². The predicted octanol–water partition coefficient (Wildman–Crippen LogP) is 5.17. The normalized spacial score (nSPS) is 14.3. The summed E-state index contributed by atoms with van der Waals surface area (Å²) in [4.78, 5) is 38.3. The Balaban J connectivity index is 1.60. The van der Waals surface area contributed by atoms with Crippen LogP contribution in [0.15, 0.2) is 65.8 Å². The van der Waals surface area contributed by atoms with Gasteiger partial charge in [0, 0.05) is 23.6 Å². The molecule has 1 saturated carbocycles. The van der Waals surface area contributed by atoms with Crippen LogP contribution in [0.2, 0.25) is 0 Å². The van der Waals surface area contributed by atoms with Crippen molar-refractivity contribution in [1.29, 1.82) is 0 Å². The van der Waals surface area contributed by atoms with E-state index in [4.69, 9.17) is 4.74 Å². The number of methoxy groups -OCH3 is 1. The molecule has 4 rings (SSSR count). The van der Waals surface area contributed by atoms with Gasteiger partial charge in [-0.15, -0.1) is 0 Å². The van der Waals surface area contributed by atoms with Crippen molar-refractivity contribution in [3.05, 3.63) is 77.6 Å². The fraction of sp³-hybridized carbons (Fsp3) is 0.357. The summed E-state index contributed by atoms with van der Waals surface area (Å²) in [5.74, 6) is 0.628. The quantitative estimate of drug-likeness (QED) is 0.320. The van der Waals surface area contributed by atoms with E-state index in [0.717, 1.165) is 35.5 Å². The number of nitrogens with one attached hydrogen (secondary N) is 1. The van der Waals surface area contributed by atoms with E-state index in [0.29, 0.717) is 30.2 Å². The second-order valence-corrected chi connectivity index (χ2v) is 10.1. The highest BCUT2D eigenvalue weighted by molar-refractivity contribution is 7.99. The van der Waals surface area contributed by atoms with Gasteiger partial charge in [-0.05, 0) is 62.6 Å². The number of hydrogen-bond acceptors (Lipinski definition) is 6. The van der Waals surface area contributed by atoms with Crippen LogP contribution < -0.4 is 10.1 Å². The van der Waals surface area contributed by atoms with Gasteiger partial charge >= 0.3 is 0 Å². The van der Waals surface area contributed by atoms with Gasteiger partial charge in [-0.1, -0.05) is 54.9 Å². The molecule has 188 valence electrons. The maximum absolute atomic E-state index is 13.8. The first kappa shape index (κ1) is 25.7. The van der Waals surface area contributed by atoms with Crippen LogP contribution in [0, 0.1) is 13.8 Å². The second kappa shape index (κ2) is 11.6. The molecule has 2 aromatic carbocycles. The third-order valence-corrected chi connectivity index (χ3v) is 7.32. The van der Waals surface area contributed by atoms with E-state index in [1.54, 1.807) is 12.0 Å². The Bertz CT molecular complexity index is 1170. The van der Waals surface area contributed by atoms with Crippen LogP contribution in [0.5, 0.6) is 5.75 Å². The molecule has 3 aromatic rings. The first-order valence-corrected chi connectivity index (χ1v) is 13.1. The van der Waals surface area contributed by atoms with Crippen molar-refractivity contribution >= 4 is 29.3 Å². The average molecular weight is 505 g/mol. The lowest BCUT2D eigenvalue weighted by atomic mass is 9.92. The molecule has 0 bridgehead atoms. The predicted molar refractivity (Wildman–Crippen MR) is 142 cm³/mol. The maximum Gasteiger partial charge on any atom is 0.250 e. The minimum Gasteiger partial charge on any atom is -0.497 e. The summed E-state index contributed by atoms with van der Waals surface area (Å²) in [7, 11) is 1.61. The Kier molecular flexibility index (Phi) is 8.25. The molecule has 0 atom stereocenters. The van der Waals surface area contributed by atoms with E-state index in [1.165, 1.54) is 11.8 Å². The molecule has 0 aliphatic heterocycles. The minimum absolute atomic E-state index is 0.0987. The smallest absolute Gasteiger partial charge is 0.250 e. The maximum atomic E-state index is 13.8. The van der Waals surface area contributed by atoms with Gasteiger partial charge in [0.2, 0.25) is 11.8 Å². The zero-order valence-corrected chi connectivity index (χ0v) is 21.8. The summed E-state index contributed by atoms with van der Waals surface area (Å²) in [6, 6.07) is 19.0. The monoisotopic (exact) mass is 504 g/mol. The number of aromatic nitrogens is 2. The number of thioether (sulfide) groups is 1. The lowest BCUT2D eigenvalue weighted by molar-refractivity contribution is -0.144. The molecule has 7 nitrogen and oxygen atoms in total. The van der Waals surface area contributed by atoms with Crippen molar-refractivity contribution in [3.8, 4) is 5.75 Å². The highest BCUT2D eigenvalue weighted by atomic mass is 32.2. The van der Waals surface area contributed by atoms with Gasteiger partial charge in [0.05, 0.1) is 12.9 Å². The van der Waals surface area contributed by atoms with Crippen molar-refractivity contribution in [1.82, 2.24) is 14.9 Å². The molecule has 1 aliphatic carbocycles. The first-order chi connectivity index (χ1) is 17.4. The highest BCUT2D eigenvalue weighted by Crippen LogP contribution is 2.38. The van der Waals surface area contributed by atoms with Gasteiger partial charge in [-0.3, -0.25) is 9.59 Å². The standard InChI is InChI=1S/C28H32N4O3S/c1-20-17-21(2)30-27(29-20)36-19-25(33)32(18-22-9-5-4-6-10-22)28(15-7-8-16-28)26(34)31-23-11-13-24(35-3)14-12-23/h4-6,9-14,17H,7-8,15-16,18-19H2,1-3H3,(H,31,34). The largest absolute Gasteiger partial charge is 0.497 e. The zero-order chi connectivity index (χ0) is 25.5. The van der Waals surface area contributed by atoms with Gasteiger partial charge < -0.3 is 15.0 Å². The minimum atomic E-state index is -0.920. The topological polar surface area (TPSA) is 84.4 Å². The van der Waals surface area contributed by atoms with Crippen LogP contribution in [0.1, 0.15) is 42.6 Å². The van der Waals surface area contributed by atoms with Crippen LogP contribution in [0.3, 0.4) is 0 Å². The van der Waals surface area contributed by atoms with Crippen molar-refractivity contribution in [2.75, 3.05) is 18.2 Å². The van der Waals surface area contributed by atoms with Crippen molar-refractivity contribution in [3.63, 3.8) is 0 Å². The van der Waals surface area contributed by atoms with Gasteiger partial charge in [0.15, 0.2) is 5.16 Å². The average Bonchev–Trinajstić information content (AvgIpc) is 3.37. The lowest BCUT2D eigenvalue weighted by Crippen LogP contribution is -2.57. The molecule has 0 unspecified atom stereocenters. The van der Waals surface area contributed by atoms with E-state index in [9.17, 15) is 9.59 Å². The fourth-order valence-corrected chi connectivity index (χ4v) is 5.53. The fourth-order valence-electron chi connectivity index (χ4n) is 4.71. The third kappa shape index (κ3) is 6.05. The molecule has 0 radical (unpaired) electrons. The van der Waals surface area contributed by atoms with Crippen molar-refractivity contribution in [2.45, 2.75) is 56.8 Å². The molecule has 0 spiro atoms. The van der Waals surface area contributed by atoms with E-state index in [-0.39, 0.29) is 17.6 Å². The van der Waals surface area contributed by atoms with Crippen LogP contribution in [0.4, 0.5) is 5.69 Å². The molecular formula is C28H32N4O3S. The van der Waals surface area contributed by atoms with Gasteiger partial charge in [-0.2, -0.15) is 0 Å². The molecule has 1 fully saturated rings. The van der Waals surface area contributed by atoms with Crippen LogP contribution >= 0.6 is 11.8 Å². The summed E-state index contributed by atoms with van der Waals surface area (Å²) in [6.07, 6.45) is 3.03. The number of ether oxygens (including phenoxy) is 1. The lowest BCUT2D eigenvalue weighted by Gasteiger charge is -2.40. The zero-order valence-electron chi connectivity index (χ0n) is 21.0. The van der Waals surface area contributed by atoms with E-state index in [1.807, 2.05) is 74.5 Å². The number of anilines is 1. The second-order valence-electron chi connectivity index (χ2n) is 9.11. The first-order valence-electron chi connectivity index (χ1n) is 12.1. The molecule has 0 saturated heterocycles. The number of rotatable bonds is 9. The van der Waals surface area contributed by atoms with Crippen LogP contribution in [0.25, 0.3) is 0 Å². The molecule has 1 heterocycles. The summed E-state index contributed by atoms with van der Waals surface area (Å²) in [6.45, 7) is 4.20. The Morgan fingerprint density at radius 2 is 1.64 bits per heavy atom. The summed E-state index contributed by atoms with van der Waals surface area (Å²) in [5.41, 5.74) is 2.48.